The van der Waals surface area contributed by atoms with E-state index in [9.17, 15) is 19.8 Å². The van der Waals surface area contributed by atoms with Crippen molar-refractivity contribution < 1.29 is 24.5 Å². The van der Waals surface area contributed by atoms with Gasteiger partial charge in [-0.2, -0.15) is 0 Å². The molecule has 5 nitrogen and oxygen atoms in total. The van der Waals surface area contributed by atoms with Crippen LogP contribution in [0.1, 0.15) is 66.2 Å². The summed E-state index contributed by atoms with van der Waals surface area (Å²) in [6, 6.07) is 0. The van der Waals surface area contributed by atoms with E-state index in [1.54, 1.807) is 6.08 Å². The minimum atomic E-state index is -0.992. The molecule has 0 bridgehead atoms. The fourth-order valence-electron chi connectivity index (χ4n) is 3.19. The highest BCUT2D eigenvalue weighted by molar-refractivity contribution is 5.86. The van der Waals surface area contributed by atoms with E-state index in [0.717, 1.165) is 0 Å². The highest BCUT2D eigenvalue weighted by Crippen LogP contribution is 2.34. The maximum Gasteiger partial charge on any atom is 0.331 e. The molecule has 5 heteroatoms. The van der Waals surface area contributed by atoms with Gasteiger partial charge in [0.05, 0.1) is 6.10 Å². The van der Waals surface area contributed by atoms with Gasteiger partial charge < -0.3 is 14.9 Å². The summed E-state index contributed by atoms with van der Waals surface area (Å²) in [5.41, 5.74) is 0.658. The molecule has 0 spiro atoms. The summed E-state index contributed by atoms with van der Waals surface area (Å²) in [4.78, 5) is 23.6. The van der Waals surface area contributed by atoms with Crippen LogP contribution in [0.4, 0.5) is 0 Å². The van der Waals surface area contributed by atoms with Crippen LogP contribution in [0.25, 0.3) is 0 Å². The van der Waals surface area contributed by atoms with E-state index in [2.05, 4.69) is 6.58 Å². The quantitative estimate of drug-likeness (QED) is 0.593. The molecular formula is C20H32O5. The Hall–Kier alpha value is -1.62. The first-order valence-corrected chi connectivity index (χ1v) is 8.97. The van der Waals surface area contributed by atoms with Gasteiger partial charge in [-0.25, -0.2) is 4.79 Å². The molecule has 0 radical (unpaired) electrons. The van der Waals surface area contributed by atoms with Crippen molar-refractivity contribution in [3.63, 3.8) is 0 Å². The molecule has 0 heterocycles. The van der Waals surface area contributed by atoms with Crippen LogP contribution in [-0.2, 0) is 14.3 Å². The molecular weight excluding hydrogens is 320 g/mol. The first-order chi connectivity index (χ1) is 11.5. The van der Waals surface area contributed by atoms with Gasteiger partial charge in [-0.15, -0.1) is 0 Å². The molecule has 0 aromatic carbocycles. The van der Waals surface area contributed by atoms with Crippen molar-refractivity contribution in [2.24, 2.45) is 11.3 Å². The van der Waals surface area contributed by atoms with Crippen LogP contribution in [0.15, 0.2) is 23.8 Å². The first kappa shape index (κ1) is 21.4. The third-order valence-electron chi connectivity index (χ3n) is 4.45. The van der Waals surface area contributed by atoms with Crippen LogP contribution >= 0.6 is 0 Å². The van der Waals surface area contributed by atoms with E-state index in [0.29, 0.717) is 37.7 Å². The molecule has 0 saturated heterocycles. The number of carboxylic acids is 1. The smallest absolute Gasteiger partial charge is 0.331 e. The molecule has 2 atom stereocenters. The van der Waals surface area contributed by atoms with E-state index in [1.165, 1.54) is 0 Å². The van der Waals surface area contributed by atoms with Crippen LogP contribution < -0.4 is 0 Å². The molecule has 1 aliphatic rings. The number of aliphatic hydroxyl groups is 1. The van der Waals surface area contributed by atoms with Crippen LogP contribution in [0.5, 0.6) is 0 Å². The fourth-order valence-corrected chi connectivity index (χ4v) is 3.19. The number of hydrogen-bond donors (Lipinski definition) is 2. The van der Waals surface area contributed by atoms with Crippen molar-refractivity contribution in [3.8, 4) is 0 Å². The predicted molar refractivity (Wildman–Crippen MR) is 97.1 cm³/mol. The molecule has 2 unspecified atom stereocenters. The number of aliphatic hydroxyl groups excluding tert-OH is 1. The van der Waals surface area contributed by atoms with Crippen molar-refractivity contribution in [1.29, 1.82) is 0 Å². The Labute approximate surface area is 150 Å². The molecule has 1 rings (SSSR count). The predicted octanol–water partition coefficient (Wildman–Crippen LogP) is 3.86. The highest BCUT2D eigenvalue weighted by atomic mass is 16.5. The van der Waals surface area contributed by atoms with E-state index in [-0.39, 0.29) is 29.3 Å². The fraction of sp³-hybridized carbons (Fsp3) is 0.700. The molecule has 142 valence electrons. The minimum absolute atomic E-state index is 0.183. The Kier molecular flexibility index (Phi) is 7.87. The van der Waals surface area contributed by atoms with Gasteiger partial charge in [-0.05, 0) is 42.6 Å². The zero-order chi connectivity index (χ0) is 19.2. The van der Waals surface area contributed by atoms with Gasteiger partial charge in [0.15, 0.2) is 0 Å². The number of ether oxygens (including phenoxy) is 1. The molecule has 0 aromatic rings. The summed E-state index contributed by atoms with van der Waals surface area (Å²) in [6.45, 7) is 11.8. The number of carbonyl (C=O) groups is 2. The number of carboxylic acid groups (broad SMARTS) is 1. The topological polar surface area (TPSA) is 83.8 Å². The van der Waals surface area contributed by atoms with E-state index in [4.69, 9.17) is 4.74 Å². The molecule has 1 aliphatic carbocycles. The Bertz CT molecular complexity index is 530. The Morgan fingerprint density at radius 3 is 2.56 bits per heavy atom. The van der Waals surface area contributed by atoms with Crippen LogP contribution in [-0.4, -0.2) is 34.4 Å². The molecule has 0 aromatic heterocycles. The monoisotopic (exact) mass is 352 g/mol. The standard InChI is InChI=1S/C20H32O5/c1-13(2)9-18(22)25-16-10-15(19(23)24)8-6-7-14(3)17(21)12-20(4,5)11-16/h8,13,16-17,21H,3,6-7,9-12H2,1-2,4-5H3,(H,23,24). The van der Waals surface area contributed by atoms with Gasteiger partial charge in [0.2, 0.25) is 0 Å². The lowest BCUT2D eigenvalue weighted by Gasteiger charge is -2.32. The van der Waals surface area contributed by atoms with Crippen molar-refractivity contribution in [3.05, 3.63) is 23.8 Å². The summed E-state index contributed by atoms with van der Waals surface area (Å²) < 4.78 is 5.61. The number of aliphatic carboxylic acids is 1. The van der Waals surface area contributed by atoms with Gasteiger partial charge in [0, 0.05) is 18.4 Å². The Morgan fingerprint density at radius 2 is 2.00 bits per heavy atom. The lowest BCUT2D eigenvalue weighted by Crippen LogP contribution is -2.30. The second-order valence-electron chi connectivity index (χ2n) is 8.23. The molecule has 2 N–H and O–H groups in total. The second-order valence-corrected chi connectivity index (χ2v) is 8.23. The minimum Gasteiger partial charge on any atom is -0.478 e. The van der Waals surface area contributed by atoms with Crippen LogP contribution in [0, 0.1) is 11.3 Å². The lowest BCUT2D eigenvalue weighted by atomic mass is 9.79. The highest BCUT2D eigenvalue weighted by Gasteiger charge is 2.31. The number of rotatable bonds is 4. The Balaban J connectivity index is 3.04. The normalized spacial score (nSPS) is 25.0. The second kappa shape index (κ2) is 9.18. The van der Waals surface area contributed by atoms with Crippen LogP contribution in [0.2, 0.25) is 0 Å². The average Bonchev–Trinajstić information content (AvgIpc) is 2.44. The van der Waals surface area contributed by atoms with Gasteiger partial charge in [0.1, 0.15) is 6.10 Å². The zero-order valence-electron chi connectivity index (χ0n) is 15.9. The van der Waals surface area contributed by atoms with Gasteiger partial charge in [-0.1, -0.05) is 40.3 Å². The van der Waals surface area contributed by atoms with Crippen molar-refractivity contribution in [2.75, 3.05) is 0 Å². The third-order valence-corrected chi connectivity index (χ3v) is 4.45. The van der Waals surface area contributed by atoms with Gasteiger partial charge in [0.25, 0.3) is 0 Å². The lowest BCUT2D eigenvalue weighted by molar-refractivity contribution is -0.152. The zero-order valence-corrected chi connectivity index (χ0v) is 15.9. The van der Waals surface area contributed by atoms with Gasteiger partial charge in [-0.3, -0.25) is 4.79 Å². The summed E-state index contributed by atoms with van der Waals surface area (Å²) in [5, 5.41) is 19.8. The SMILES string of the molecule is C=C1CCC=C(C(=O)O)CC(OC(=O)CC(C)C)CC(C)(C)CC1O. The van der Waals surface area contributed by atoms with E-state index in [1.807, 2.05) is 27.7 Å². The third kappa shape index (κ3) is 7.86. The number of allylic oxidation sites excluding steroid dienone is 1. The number of esters is 1. The summed E-state index contributed by atoms with van der Waals surface area (Å²) in [7, 11) is 0. The van der Waals surface area contributed by atoms with E-state index >= 15 is 0 Å². The van der Waals surface area contributed by atoms with Crippen LogP contribution in [0.3, 0.4) is 0 Å². The Morgan fingerprint density at radius 1 is 1.36 bits per heavy atom. The summed E-state index contributed by atoms with van der Waals surface area (Å²) in [6.07, 6.45) is 3.05. The van der Waals surface area contributed by atoms with Crippen molar-refractivity contribution in [2.45, 2.75) is 78.4 Å². The van der Waals surface area contributed by atoms with Crippen molar-refractivity contribution >= 4 is 11.9 Å². The molecule has 0 aliphatic heterocycles. The van der Waals surface area contributed by atoms with E-state index < -0.39 is 18.2 Å². The maximum atomic E-state index is 12.1. The number of hydrogen-bond acceptors (Lipinski definition) is 4. The first-order valence-electron chi connectivity index (χ1n) is 8.97. The summed E-state index contributed by atoms with van der Waals surface area (Å²) >= 11 is 0. The molecule has 0 amide bonds. The molecule has 0 saturated carbocycles. The number of carbonyl (C=O) groups excluding carboxylic acids is 1. The van der Waals surface area contributed by atoms with Gasteiger partial charge >= 0.3 is 11.9 Å². The summed E-state index contributed by atoms with van der Waals surface area (Å²) in [5.74, 6) is -1.11. The molecule has 25 heavy (non-hydrogen) atoms. The average molecular weight is 352 g/mol. The maximum absolute atomic E-state index is 12.1. The van der Waals surface area contributed by atoms with Crippen molar-refractivity contribution in [1.82, 2.24) is 0 Å². The molecule has 0 fully saturated rings. The largest absolute Gasteiger partial charge is 0.478 e.